The molecule has 0 aliphatic heterocycles. The molecule has 0 radical (unpaired) electrons. The molecule has 0 spiro atoms. The summed E-state index contributed by atoms with van der Waals surface area (Å²) in [5.74, 6) is -0.112. The van der Waals surface area contributed by atoms with E-state index in [0.717, 1.165) is 13.0 Å². The molecule has 0 amide bonds. The van der Waals surface area contributed by atoms with E-state index >= 15 is 0 Å². The Morgan fingerprint density at radius 2 is 2.15 bits per heavy atom. The fourth-order valence-electron chi connectivity index (χ4n) is 1.19. The summed E-state index contributed by atoms with van der Waals surface area (Å²) in [6.07, 6.45) is 2.80. The first-order valence-corrected chi connectivity index (χ1v) is 5.09. The average Bonchev–Trinajstić information content (AvgIpc) is 2.05. The van der Waals surface area contributed by atoms with Gasteiger partial charge in [0, 0.05) is 12.6 Å². The molecule has 0 aliphatic rings. The highest BCUT2D eigenvalue weighted by Crippen LogP contribution is 1.94. The number of hydrogen-bond donors (Lipinski definition) is 1. The molecule has 1 N–H and O–H groups in total. The Kier molecular flexibility index (Phi) is 7.69. The van der Waals surface area contributed by atoms with E-state index in [4.69, 9.17) is 4.74 Å². The number of rotatable bonds is 7. The summed E-state index contributed by atoms with van der Waals surface area (Å²) in [5.41, 5.74) is 0. The van der Waals surface area contributed by atoms with E-state index in [1.54, 1.807) is 0 Å². The maximum atomic E-state index is 10.9. The van der Waals surface area contributed by atoms with Gasteiger partial charge in [-0.2, -0.15) is 0 Å². The molecule has 0 aliphatic carbocycles. The summed E-state index contributed by atoms with van der Waals surface area (Å²) < 4.78 is 4.80. The van der Waals surface area contributed by atoms with E-state index in [-0.39, 0.29) is 5.97 Å². The molecule has 13 heavy (non-hydrogen) atoms. The van der Waals surface area contributed by atoms with Crippen LogP contribution in [-0.4, -0.2) is 25.2 Å². The van der Waals surface area contributed by atoms with Crippen molar-refractivity contribution in [1.29, 1.82) is 0 Å². The number of carbonyl (C=O) groups is 1. The van der Waals surface area contributed by atoms with Crippen LogP contribution in [0.3, 0.4) is 0 Å². The Morgan fingerprint density at radius 3 is 2.69 bits per heavy atom. The third kappa shape index (κ3) is 7.78. The summed E-state index contributed by atoms with van der Waals surface area (Å²) >= 11 is 0. The van der Waals surface area contributed by atoms with Crippen LogP contribution in [0.5, 0.6) is 0 Å². The highest BCUT2D eigenvalue weighted by atomic mass is 16.5. The fourth-order valence-corrected chi connectivity index (χ4v) is 1.19. The smallest absolute Gasteiger partial charge is 0.307 e. The minimum absolute atomic E-state index is 0.112. The normalized spacial score (nSPS) is 12.5. The maximum absolute atomic E-state index is 10.9. The molecule has 0 aromatic heterocycles. The topological polar surface area (TPSA) is 38.3 Å². The van der Waals surface area contributed by atoms with E-state index in [9.17, 15) is 4.79 Å². The summed E-state index contributed by atoms with van der Waals surface area (Å²) in [6.45, 7) is 7.31. The maximum Gasteiger partial charge on any atom is 0.307 e. The van der Waals surface area contributed by atoms with Gasteiger partial charge in [0.15, 0.2) is 0 Å². The van der Waals surface area contributed by atoms with Crippen LogP contribution < -0.4 is 5.32 Å². The molecular weight excluding hydrogens is 166 g/mol. The van der Waals surface area contributed by atoms with Crippen LogP contribution in [0.25, 0.3) is 0 Å². The predicted octanol–water partition coefficient (Wildman–Crippen LogP) is 1.72. The van der Waals surface area contributed by atoms with Gasteiger partial charge in [-0.1, -0.05) is 13.3 Å². The zero-order chi connectivity index (χ0) is 10.1. The summed E-state index contributed by atoms with van der Waals surface area (Å²) in [7, 11) is 0. The third-order valence-corrected chi connectivity index (χ3v) is 1.85. The standard InChI is InChI=1S/C10H21NO2/c1-4-6-9(3)11-8-7-10(12)13-5-2/h9,11H,4-8H2,1-3H3. The fraction of sp³-hybridized carbons (Fsp3) is 0.900. The van der Waals surface area contributed by atoms with Gasteiger partial charge in [-0.05, 0) is 20.3 Å². The van der Waals surface area contributed by atoms with E-state index in [2.05, 4.69) is 19.2 Å². The Balaban J connectivity index is 3.28. The van der Waals surface area contributed by atoms with Gasteiger partial charge in [0.25, 0.3) is 0 Å². The quantitative estimate of drug-likeness (QED) is 0.617. The number of nitrogens with one attached hydrogen (secondary N) is 1. The van der Waals surface area contributed by atoms with Crippen molar-refractivity contribution < 1.29 is 9.53 Å². The molecule has 0 aromatic carbocycles. The van der Waals surface area contributed by atoms with Crippen molar-refractivity contribution in [2.24, 2.45) is 0 Å². The van der Waals surface area contributed by atoms with Crippen LogP contribution in [0, 0.1) is 0 Å². The number of hydrogen-bond acceptors (Lipinski definition) is 3. The van der Waals surface area contributed by atoms with Crippen LogP contribution in [0.2, 0.25) is 0 Å². The molecule has 1 unspecified atom stereocenters. The lowest BCUT2D eigenvalue weighted by atomic mass is 10.2. The van der Waals surface area contributed by atoms with Gasteiger partial charge < -0.3 is 10.1 Å². The molecule has 0 heterocycles. The van der Waals surface area contributed by atoms with Crippen LogP contribution in [0.15, 0.2) is 0 Å². The number of esters is 1. The first-order valence-electron chi connectivity index (χ1n) is 5.09. The van der Waals surface area contributed by atoms with Crippen molar-refractivity contribution in [2.45, 2.75) is 46.1 Å². The van der Waals surface area contributed by atoms with E-state index in [1.165, 1.54) is 6.42 Å². The highest BCUT2D eigenvalue weighted by molar-refractivity contribution is 5.69. The Labute approximate surface area is 80.8 Å². The lowest BCUT2D eigenvalue weighted by Crippen LogP contribution is -2.28. The van der Waals surface area contributed by atoms with Crippen LogP contribution in [-0.2, 0) is 9.53 Å². The van der Waals surface area contributed by atoms with E-state index in [0.29, 0.717) is 19.1 Å². The van der Waals surface area contributed by atoms with Crippen molar-refractivity contribution in [1.82, 2.24) is 5.32 Å². The van der Waals surface area contributed by atoms with Gasteiger partial charge in [-0.15, -0.1) is 0 Å². The van der Waals surface area contributed by atoms with Gasteiger partial charge in [0.2, 0.25) is 0 Å². The van der Waals surface area contributed by atoms with Crippen molar-refractivity contribution in [3.8, 4) is 0 Å². The van der Waals surface area contributed by atoms with Gasteiger partial charge in [-0.3, -0.25) is 4.79 Å². The Bertz CT molecular complexity index is 137. The number of carbonyl (C=O) groups excluding carboxylic acids is 1. The van der Waals surface area contributed by atoms with Gasteiger partial charge in [-0.25, -0.2) is 0 Å². The zero-order valence-electron chi connectivity index (χ0n) is 8.93. The molecule has 3 heteroatoms. The Morgan fingerprint density at radius 1 is 1.46 bits per heavy atom. The minimum Gasteiger partial charge on any atom is -0.466 e. The molecule has 78 valence electrons. The summed E-state index contributed by atoms with van der Waals surface area (Å²) in [5, 5.41) is 3.27. The zero-order valence-corrected chi connectivity index (χ0v) is 8.93. The second-order valence-corrected chi connectivity index (χ2v) is 3.20. The summed E-state index contributed by atoms with van der Waals surface area (Å²) in [4.78, 5) is 10.9. The second kappa shape index (κ2) is 8.05. The predicted molar refractivity (Wildman–Crippen MR) is 53.6 cm³/mol. The van der Waals surface area contributed by atoms with Crippen molar-refractivity contribution in [3.63, 3.8) is 0 Å². The minimum atomic E-state index is -0.112. The molecule has 0 bridgehead atoms. The molecule has 0 saturated carbocycles. The van der Waals surface area contributed by atoms with Crippen LogP contribution >= 0.6 is 0 Å². The highest BCUT2D eigenvalue weighted by Gasteiger charge is 2.03. The molecule has 0 rings (SSSR count). The molecule has 3 nitrogen and oxygen atoms in total. The second-order valence-electron chi connectivity index (χ2n) is 3.20. The lowest BCUT2D eigenvalue weighted by Gasteiger charge is -2.11. The molecule has 0 saturated heterocycles. The third-order valence-electron chi connectivity index (χ3n) is 1.85. The average molecular weight is 187 g/mol. The van der Waals surface area contributed by atoms with Crippen molar-refractivity contribution >= 4 is 5.97 Å². The molecular formula is C10H21NO2. The number of ether oxygens (including phenoxy) is 1. The largest absolute Gasteiger partial charge is 0.466 e. The van der Waals surface area contributed by atoms with Gasteiger partial charge >= 0.3 is 5.97 Å². The van der Waals surface area contributed by atoms with E-state index in [1.807, 2.05) is 6.92 Å². The summed E-state index contributed by atoms with van der Waals surface area (Å²) in [6, 6.07) is 0.499. The SMILES string of the molecule is CCCC(C)NCCC(=O)OCC. The lowest BCUT2D eigenvalue weighted by molar-refractivity contribution is -0.142. The molecule has 1 atom stereocenters. The van der Waals surface area contributed by atoms with Gasteiger partial charge in [0.1, 0.15) is 0 Å². The van der Waals surface area contributed by atoms with Crippen molar-refractivity contribution in [2.75, 3.05) is 13.2 Å². The van der Waals surface area contributed by atoms with Crippen molar-refractivity contribution in [3.05, 3.63) is 0 Å². The molecule has 0 aromatic rings. The monoisotopic (exact) mass is 187 g/mol. The van der Waals surface area contributed by atoms with E-state index < -0.39 is 0 Å². The van der Waals surface area contributed by atoms with Crippen LogP contribution in [0.4, 0.5) is 0 Å². The van der Waals surface area contributed by atoms with Crippen LogP contribution in [0.1, 0.15) is 40.0 Å². The Hall–Kier alpha value is -0.570. The first kappa shape index (κ1) is 12.4. The first-order chi connectivity index (χ1) is 6.20. The molecule has 0 fully saturated rings. The van der Waals surface area contributed by atoms with Gasteiger partial charge in [0.05, 0.1) is 13.0 Å².